The van der Waals surface area contributed by atoms with Crippen LogP contribution in [0.2, 0.25) is 0 Å². The summed E-state index contributed by atoms with van der Waals surface area (Å²) in [5.41, 5.74) is 2.31. The van der Waals surface area contributed by atoms with E-state index in [-0.39, 0.29) is 5.56 Å². The molecular formula is C21H33N5O2. The quantitative estimate of drug-likeness (QED) is 0.746. The van der Waals surface area contributed by atoms with Gasteiger partial charge in [-0.05, 0) is 37.7 Å². The van der Waals surface area contributed by atoms with Crippen LogP contribution in [0.5, 0.6) is 0 Å². The maximum Gasteiger partial charge on any atom is 0.267 e. The summed E-state index contributed by atoms with van der Waals surface area (Å²) in [6, 6.07) is 2.15. The fourth-order valence-corrected chi connectivity index (χ4v) is 4.77. The van der Waals surface area contributed by atoms with Crippen LogP contribution in [0.25, 0.3) is 0 Å². The Bertz CT molecular complexity index is 754. The highest BCUT2D eigenvalue weighted by Gasteiger charge is 2.26. The monoisotopic (exact) mass is 387 g/mol. The Morgan fingerprint density at radius 1 is 0.964 bits per heavy atom. The average Bonchev–Trinajstić information content (AvgIpc) is 3.09. The molecular weight excluding hydrogens is 354 g/mol. The molecule has 2 aliphatic heterocycles. The number of amides is 1. The van der Waals surface area contributed by atoms with E-state index in [1.807, 2.05) is 11.9 Å². The number of likely N-dealkylation sites (tertiary alicyclic amines) is 1. The van der Waals surface area contributed by atoms with Gasteiger partial charge >= 0.3 is 0 Å². The summed E-state index contributed by atoms with van der Waals surface area (Å²) in [6.07, 6.45) is 7.14. The number of nitrogens with zero attached hydrogens (tertiary/aromatic N) is 5. The Hall–Kier alpha value is -1.73. The molecule has 0 radical (unpaired) electrons. The number of carbonyl (C=O) groups is 1. The predicted molar refractivity (Wildman–Crippen MR) is 108 cm³/mol. The molecule has 0 saturated carbocycles. The highest BCUT2D eigenvalue weighted by atomic mass is 16.2. The van der Waals surface area contributed by atoms with Crippen LogP contribution in [-0.2, 0) is 24.2 Å². The highest BCUT2D eigenvalue weighted by Crippen LogP contribution is 2.18. The zero-order valence-electron chi connectivity index (χ0n) is 17.1. The Morgan fingerprint density at radius 3 is 2.57 bits per heavy atom. The fraction of sp³-hybridized carbons (Fsp3) is 0.762. The van der Waals surface area contributed by atoms with Crippen molar-refractivity contribution in [2.24, 2.45) is 0 Å². The Labute approximate surface area is 167 Å². The first-order valence-electron chi connectivity index (χ1n) is 10.9. The van der Waals surface area contributed by atoms with Crippen molar-refractivity contribution in [1.82, 2.24) is 24.5 Å². The molecule has 2 fully saturated rings. The van der Waals surface area contributed by atoms with Crippen LogP contribution in [0.15, 0.2) is 10.9 Å². The van der Waals surface area contributed by atoms with Gasteiger partial charge in [0.05, 0.1) is 12.2 Å². The lowest BCUT2D eigenvalue weighted by molar-refractivity contribution is -0.131. The lowest BCUT2D eigenvalue weighted by Crippen LogP contribution is -2.52. The van der Waals surface area contributed by atoms with Gasteiger partial charge in [-0.2, -0.15) is 5.10 Å². The first-order valence-corrected chi connectivity index (χ1v) is 10.9. The molecule has 7 heteroatoms. The summed E-state index contributed by atoms with van der Waals surface area (Å²) in [5.74, 6) is 0.299. The van der Waals surface area contributed by atoms with Gasteiger partial charge in [-0.25, -0.2) is 4.68 Å². The average molecular weight is 388 g/mol. The van der Waals surface area contributed by atoms with Crippen LogP contribution in [0, 0.1) is 0 Å². The number of carbonyl (C=O) groups excluding carboxylic acids is 1. The summed E-state index contributed by atoms with van der Waals surface area (Å²) in [5, 5.41) is 4.58. The molecule has 7 nitrogen and oxygen atoms in total. The van der Waals surface area contributed by atoms with E-state index in [2.05, 4.69) is 14.9 Å². The SMILES string of the molecule is CN1C(=O)CCCCC1CN1CCN(CCn2nc3c(cc2=O)CCC3)CC1. The molecule has 3 aliphatic rings. The maximum absolute atomic E-state index is 12.3. The van der Waals surface area contributed by atoms with Crippen LogP contribution in [-0.4, -0.2) is 82.7 Å². The molecule has 0 bridgehead atoms. The molecule has 28 heavy (non-hydrogen) atoms. The second-order valence-corrected chi connectivity index (χ2v) is 8.58. The molecule has 4 rings (SSSR count). The van der Waals surface area contributed by atoms with Crippen LogP contribution >= 0.6 is 0 Å². The molecule has 1 aromatic heterocycles. The first-order chi connectivity index (χ1) is 13.6. The van der Waals surface area contributed by atoms with Gasteiger partial charge in [-0.1, -0.05) is 6.42 Å². The van der Waals surface area contributed by atoms with Crippen molar-refractivity contribution in [2.75, 3.05) is 46.3 Å². The summed E-state index contributed by atoms with van der Waals surface area (Å²) in [4.78, 5) is 31.3. The number of likely N-dealkylation sites (N-methyl/N-ethyl adjacent to an activating group) is 1. The molecule has 154 valence electrons. The third-order valence-corrected chi connectivity index (χ3v) is 6.70. The highest BCUT2D eigenvalue weighted by molar-refractivity contribution is 5.76. The molecule has 1 aromatic rings. The third kappa shape index (κ3) is 4.46. The van der Waals surface area contributed by atoms with E-state index in [9.17, 15) is 9.59 Å². The number of aryl methyl sites for hydroxylation is 2. The van der Waals surface area contributed by atoms with Crippen LogP contribution in [0.4, 0.5) is 0 Å². The molecule has 2 saturated heterocycles. The van der Waals surface area contributed by atoms with Gasteiger partial charge < -0.3 is 4.90 Å². The standard InChI is InChI=1S/C21H33N5O2/c1-23-18(6-2-3-8-20(23)27)16-25-11-9-24(10-12-25)13-14-26-21(28)15-17-5-4-7-19(17)22-26/h15,18H,2-14,16H2,1H3. The zero-order chi connectivity index (χ0) is 19.5. The lowest BCUT2D eigenvalue weighted by Gasteiger charge is -2.38. The minimum Gasteiger partial charge on any atom is -0.341 e. The van der Waals surface area contributed by atoms with E-state index in [0.29, 0.717) is 24.9 Å². The van der Waals surface area contributed by atoms with Crippen molar-refractivity contribution < 1.29 is 4.79 Å². The normalized spacial score (nSPS) is 24.4. The molecule has 0 N–H and O–H groups in total. The topological polar surface area (TPSA) is 61.7 Å². The van der Waals surface area contributed by atoms with E-state index in [0.717, 1.165) is 89.1 Å². The second-order valence-electron chi connectivity index (χ2n) is 8.58. The van der Waals surface area contributed by atoms with Gasteiger partial charge in [0.25, 0.3) is 5.56 Å². The van der Waals surface area contributed by atoms with Crippen LogP contribution in [0.1, 0.15) is 43.4 Å². The summed E-state index contributed by atoms with van der Waals surface area (Å²) >= 11 is 0. The van der Waals surface area contributed by atoms with Crippen molar-refractivity contribution in [3.63, 3.8) is 0 Å². The van der Waals surface area contributed by atoms with E-state index in [4.69, 9.17) is 0 Å². The molecule has 0 spiro atoms. The smallest absolute Gasteiger partial charge is 0.267 e. The van der Waals surface area contributed by atoms with E-state index < -0.39 is 0 Å². The van der Waals surface area contributed by atoms with Gasteiger partial charge in [-0.15, -0.1) is 0 Å². The lowest BCUT2D eigenvalue weighted by atomic mass is 10.1. The molecule has 0 aromatic carbocycles. The molecule has 1 amide bonds. The largest absolute Gasteiger partial charge is 0.341 e. The van der Waals surface area contributed by atoms with Gasteiger partial charge in [0.1, 0.15) is 0 Å². The van der Waals surface area contributed by atoms with Crippen molar-refractivity contribution in [3.8, 4) is 0 Å². The number of hydrogen-bond acceptors (Lipinski definition) is 5. The van der Waals surface area contributed by atoms with Crippen molar-refractivity contribution in [3.05, 3.63) is 27.7 Å². The maximum atomic E-state index is 12.3. The second kappa shape index (κ2) is 8.74. The Morgan fingerprint density at radius 2 is 1.75 bits per heavy atom. The minimum absolute atomic E-state index is 0.0420. The fourth-order valence-electron chi connectivity index (χ4n) is 4.77. The van der Waals surface area contributed by atoms with Crippen molar-refractivity contribution in [1.29, 1.82) is 0 Å². The predicted octanol–water partition coefficient (Wildman–Crippen LogP) is 0.751. The van der Waals surface area contributed by atoms with Crippen LogP contribution in [0.3, 0.4) is 0 Å². The number of hydrogen-bond donors (Lipinski definition) is 0. The number of fused-ring (bicyclic) bond motifs is 1. The van der Waals surface area contributed by atoms with E-state index in [1.54, 1.807) is 10.7 Å². The molecule has 1 atom stereocenters. The summed E-state index contributed by atoms with van der Waals surface area (Å²) in [6.45, 7) is 6.64. The molecule has 1 unspecified atom stereocenters. The Balaban J connectivity index is 1.25. The van der Waals surface area contributed by atoms with Gasteiger partial charge in [-0.3, -0.25) is 19.4 Å². The first kappa shape index (κ1) is 19.6. The van der Waals surface area contributed by atoms with E-state index >= 15 is 0 Å². The molecule has 3 heterocycles. The van der Waals surface area contributed by atoms with Gasteiger partial charge in [0.15, 0.2) is 0 Å². The van der Waals surface area contributed by atoms with E-state index in [1.165, 1.54) is 0 Å². The molecule has 1 aliphatic carbocycles. The van der Waals surface area contributed by atoms with Gasteiger partial charge in [0.2, 0.25) is 5.91 Å². The van der Waals surface area contributed by atoms with Crippen molar-refractivity contribution >= 4 is 5.91 Å². The Kier molecular flexibility index (Phi) is 6.11. The summed E-state index contributed by atoms with van der Waals surface area (Å²) in [7, 11) is 1.97. The summed E-state index contributed by atoms with van der Waals surface area (Å²) < 4.78 is 1.66. The third-order valence-electron chi connectivity index (χ3n) is 6.70. The van der Waals surface area contributed by atoms with Gasteiger partial charge in [0, 0.05) is 64.8 Å². The van der Waals surface area contributed by atoms with Crippen LogP contribution < -0.4 is 5.56 Å². The minimum atomic E-state index is 0.0420. The zero-order valence-corrected chi connectivity index (χ0v) is 17.1. The number of piperazine rings is 1. The van der Waals surface area contributed by atoms with Crippen molar-refractivity contribution in [2.45, 2.75) is 57.5 Å². The number of rotatable bonds is 5. The number of aromatic nitrogens is 2.